The van der Waals surface area contributed by atoms with Gasteiger partial charge in [-0.05, 0) is 36.2 Å². The Labute approximate surface area is 127 Å². The zero-order chi connectivity index (χ0) is 14.7. The Morgan fingerprint density at radius 1 is 1.05 bits per heavy atom. The molecule has 0 saturated carbocycles. The van der Waals surface area contributed by atoms with Crippen LogP contribution < -0.4 is 9.47 Å². The lowest BCUT2D eigenvalue weighted by Crippen LogP contribution is -2.06. The van der Waals surface area contributed by atoms with Crippen molar-refractivity contribution in [1.29, 1.82) is 0 Å². The van der Waals surface area contributed by atoms with Crippen LogP contribution in [0.15, 0.2) is 40.9 Å². The van der Waals surface area contributed by atoms with E-state index in [0.29, 0.717) is 17.1 Å². The third kappa shape index (κ3) is 2.81. The topological polar surface area (TPSA) is 38.7 Å². The van der Waals surface area contributed by atoms with Crippen LogP contribution >= 0.6 is 15.9 Å². The van der Waals surface area contributed by atoms with E-state index in [1.807, 2.05) is 43.3 Å². The Kier molecular flexibility index (Phi) is 4.68. The molecular formula is C16H17BrO3. The monoisotopic (exact) mass is 336 g/mol. The maximum absolute atomic E-state index is 10.7. The maximum Gasteiger partial charge on any atom is 0.128 e. The Morgan fingerprint density at radius 3 is 2.15 bits per heavy atom. The molecule has 2 aromatic rings. The number of ether oxygens (including phenoxy) is 2. The molecule has 4 heteroatoms. The van der Waals surface area contributed by atoms with Gasteiger partial charge in [0.15, 0.2) is 0 Å². The van der Waals surface area contributed by atoms with Crippen molar-refractivity contribution >= 4 is 15.9 Å². The van der Waals surface area contributed by atoms with Gasteiger partial charge < -0.3 is 14.6 Å². The van der Waals surface area contributed by atoms with E-state index in [2.05, 4.69) is 15.9 Å². The Morgan fingerprint density at radius 2 is 1.65 bits per heavy atom. The third-order valence-corrected chi connectivity index (χ3v) is 3.88. The minimum absolute atomic E-state index is 0.601. The van der Waals surface area contributed by atoms with E-state index >= 15 is 0 Å². The summed E-state index contributed by atoms with van der Waals surface area (Å²) in [5, 5.41) is 10.7. The Balaban J connectivity index is 2.55. The SMILES string of the molecule is COc1cccc(OC)c1C(O)c1ccc(C)cc1Br. The molecule has 0 spiro atoms. The van der Waals surface area contributed by atoms with E-state index in [4.69, 9.17) is 9.47 Å². The van der Waals surface area contributed by atoms with Crippen molar-refractivity contribution in [3.05, 3.63) is 57.6 Å². The first-order valence-corrected chi connectivity index (χ1v) is 7.02. The predicted octanol–water partition coefficient (Wildman–Crippen LogP) is 3.86. The van der Waals surface area contributed by atoms with E-state index in [1.165, 1.54) is 0 Å². The van der Waals surface area contributed by atoms with Crippen LogP contribution in [0.3, 0.4) is 0 Å². The van der Waals surface area contributed by atoms with Crippen molar-refractivity contribution < 1.29 is 14.6 Å². The Bertz CT molecular complexity index is 588. The van der Waals surface area contributed by atoms with Gasteiger partial charge in [0.1, 0.15) is 17.6 Å². The number of hydrogen-bond donors (Lipinski definition) is 1. The van der Waals surface area contributed by atoms with Crippen LogP contribution in [0.1, 0.15) is 22.8 Å². The molecule has 1 N–H and O–H groups in total. The van der Waals surface area contributed by atoms with Crippen LogP contribution in [0, 0.1) is 6.92 Å². The standard InChI is InChI=1S/C16H17BrO3/c1-10-7-8-11(12(17)9-10)16(18)15-13(19-2)5-4-6-14(15)20-3/h4-9,16,18H,1-3H3. The van der Waals surface area contributed by atoms with Crippen LogP contribution in [0.25, 0.3) is 0 Å². The molecular weight excluding hydrogens is 320 g/mol. The number of aliphatic hydroxyl groups excluding tert-OH is 1. The van der Waals surface area contributed by atoms with Gasteiger partial charge in [-0.2, -0.15) is 0 Å². The molecule has 0 saturated heterocycles. The number of methoxy groups -OCH3 is 2. The molecule has 2 aromatic carbocycles. The minimum atomic E-state index is -0.823. The summed E-state index contributed by atoms with van der Waals surface area (Å²) < 4.78 is 11.5. The van der Waals surface area contributed by atoms with Crippen LogP contribution in [0.2, 0.25) is 0 Å². The molecule has 0 aromatic heterocycles. The lowest BCUT2D eigenvalue weighted by Gasteiger charge is -2.19. The fourth-order valence-corrected chi connectivity index (χ4v) is 2.87. The maximum atomic E-state index is 10.7. The highest BCUT2D eigenvalue weighted by Gasteiger charge is 2.22. The normalized spacial score (nSPS) is 12.1. The summed E-state index contributed by atoms with van der Waals surface area (Å²) in [6.07, 6.45) is -0.823. The Hall–Kier alpha value is -1.52. The van der Waals surface area contributed by atoms with Gasteiger partial charge in [-0.1, -0.05) is 34.1 Å². The zero-order valence-corrected chi connectivity index (χ0v) is 13.3. The molecule has 1 atom stereocenters. The minimum Gasteiger partial charge on any atom is -0.496 e. The number of hydrogen-bond acceptors (Lipinski definition) is 3. The quantitative estimate of drug-likeness (QED) is 0.921. The molecule has 0 aliphatic rings. The lowest BCUT2D eigenvalue weighted by molar-refractivity contribution is 0.208. The molecule has 20 heavy (non-hydrogen) atoms. The molecule has 1 unspecified atom stereocenters. The van der Waals surface area contributed by atoms with Crippen molar-refractivity contribution in [1.82, 2.24) is 0 Å². The summed E-state index contributed by atoms with van der Waals surface area (Å²) in [6.45, 7) is 2.00. The number of aliphatic hydroxyl groups is 1. The molecule has 106 valence electrons. The summed E-state index contributed by atoms with van der Waals surface area (Å²) in [5.74, 6) is 1.20. The van der Waals surface area contributed by atoms with Gasteiger partial charge in [-0.15, -0.1) is 0 Å². The van der Waals surface area contributed by atoms with Gasteiger partial charge >= 0.3 is 0 Å². The van der Waals surface area contributed by atoms with Crippen LogP contribution in [-0.2, 0) is 0 Å². The molecule has 0 aliphatic carbocycles. The molecule has 0 radical (unpaired) electrons. The second kappa shape index (κ2) is 6.29. The van der Waals surface area contributed by atoms with Crippen LogP contribution in [-0.4, -0.2) is 19.3 Å². The van der Waals surface area contributed by atoms with Gasteiger partial charge in [-0.25, -0.2) is 0 Å². The average molecular weight is 337 g/mol. The molecule has 2 rings (SSSR count). The molecule has 0 aliphatic heterocycles. The summed E-state index contributed by atoms with van der Waals surface area (Å²) in [5.41, 5.74) is 2.53. The summed E-state index contributed by atoms with van der Waals surface area (Å²) in [6, 6.07) is 11.3. The van der Waals surface area contributed by atoms with Gasteiger partial charge in [0.05, 0.1) is 19.8 Å². The van der Waals surface area contributed by atoms with Crippen molar-refractivity contribution in [2.75, 3.05) is 14.2 Å². The third-order valence-electron chi connectivity index (χ3n) is 3.19. The predicted molar refractivity (Wildman–Crippen MR) is 82.5 cm³/mol. The number of halogens is 1. The highest BCUT2D eigenvalue weighted by Crippen LogP contribution is 2.39. The molecule has 0 amide bonds. The molecule has 0 heterocycles. The smallest absolute Gasteiger partial charge is 0.128 e. The highest BCUT2D eigenvalue weighted by molar-refractivity contribution is 9.10. The summed E-state index contributed by atoms with van der Waals surface area (Å²) in [4.78, 5) is 0. The first kappa shape index (κ1) is 14.9. The molecule has 0 bridgehead atoms. The first-order chi connectivity index (χ1) is 9.58. The second-order valence-corrected chi connectivity index (χ2v) is 5.36. The zero-order valence-electron chi connectivity index (χ0n) is 11.7. The molecule has 0 fully saturated rings. The van der Waals surface area contributed by atoms with Gasteiger partial charge in [0, 0.05) is 4.47 Å². The fraction of sp³-hybridized carbons (Fsp3) is 0.250. The van der Waals surface area contributed by atoms with Crippen LogP contribution in [0.5, 0.6) is 11.5 Å². The number of aryl methyl sites for hydroxylation is 1. The van der Waals surface area contributed by atoms with Gasteiger partial charge in [0.2, 0.25) is 0 Å². The van der Waals surface area contributed by atoms with E-state index in [1.54, 1.807) is 14.2 Å². The van der Waals surface area contributed by atoms with E-state index in [9.17, 15) is 5.11 Å². The average Bonchev–Trinajstić information content (AvgIpc) is 2.45. The van der Waals surface area contributed by atoms with Gasteiger partial charge in [0.25, 0.3) is 0 Å². The number of benzene rings is 2. The van der Waals surface area contributed by atoms with E-state index < -0.39 is 6.10 Å². The second-order valence-electron chi connectivity index (χ2n) is 4.50. The van der Waals surface area contributed by atoms with Crippen molar-refractivity contribution in [2.24, 2.45) is 0 Å². The van der Waals surface area contributed by atoms with Crippen molar-refractivity contribution in [3.63, 3.8) is 0 Å². The van der Waals surface area contributed by atoms with Crippen molar-refractivity contribution in [3.8, 4) is 11.5 Å². The largest absolute Gasteiger partial charge is 0.496 e. The van der Waals surface area contributed by atoms with Crippen molar-refractivity contribution in [2.45, 2.75) is 13.0 Å². The fourth-order valence-electron chi connectivity index (χ4n) is 2.16. The number of rotatable bonds is 4. The van der Waals surface area contributed by atoms with Gasteiger partial charge in [-0.3, -0.25) is 0 Å². The highest BCUT2D eigenvalue weighted by atomic mass is 79.9. The van der Waals surface area contributed by atoms with Crippen LogP contribution in [0.4, 0.5) is 0 Å². The summed E-state index contributed by atoms with van der Waals surface area (Å²) in [7, 11) is 3.16. The summed E-state index contributed by atoms with van der Waals surface area (Å²) >= 11 is 3.50. The first-order valence-electron chi connectivity index (χ1n) is 6.23. The lowest BCUT2D eigenvalue weighted by atomic mass is 9.99. The molecule has 3 nitrogen and oxygen atoms in total. The van der Waals surface area contributed by atoms with E-state index in [0.717, 1.165) is 15.6 Å². The van der Waals surface area contributed by atoms with E-state index in [-0.39, 0.29) is 0 Å².